The van der Waals surface area contributed by atoms with Crippen LogP contribution in [-0.2, 0) is 9.59 Å². The molecule has 1 aromatic carbocycles. The SMILES string of the molecule is C[NH+](CC(=O)Nc1cccc(F)c1)CC(=O)N[C@](C)(C#N)C1CC1. The van der Waals surface area contributed by atoms with E-state index in [1.807, 2.05) is 0 Å². The van der Waals surface area contributed by atoms with Crippen LogP contribution in [0, 0.1) is 23.1 Å². The van der Waals surface area contributed by atoms with Gasteiger partial charge in [-0.2, -0.15) is 5.26 Å². The maximum Gasteiger partial charge on any atom is 0.279 e. The number of likely N-dealkylation sites (N-methyl/N-ethyl adjacent to an activating group) is 1. The summed E-state index contributed by atoms with van der Waals surface area (Å²) < 4.78 is 13.1. The van der Waals surface area contributed by atoms with Crippen molar-refractivity contribution in [1.82, 2.24) is 5.32 Å². The summed E-state index contributed by atoms with van der Waals surface area (Å²) in [7, 11) is 1.71. The summed E-state index contributed by atoms with van der Waals surface area (Å²) in [5.41, 5.74) is -0.454. The highest BCUT2D eigenvalue weighted by Gasteiger charge is 2.43. The predicted molar refractivity (Wildman–Crippen MR) is 86.5 cm³/mol. The molecule has 3 N–H and O–H groups in total. The van der Waals surface area contributed by atoms with Gasteiger partial charge in [-0.1, -0.05) is 6.07 Å². The van der Waals surface area contributed by atoms with Gasteiger partial charge >= 0.3 is 0 Å². The molecule has 0 bridgehead atoms. The normalized spacial score (nSPS) is 17.2. The molecule has 0 aromatic heterocycles. The number of nitrogens with one attached hydrogen (secondary N) is 3. The zero-order chi connectivity index (χ0) is 17.7. The molecule has 1 fully saturated rings. The number of hydrogen-bond donors (Lipinski definition) is 3. The van der Waals surface area contributed by atoms with Gasteiger partial charge < -0.3 is 15.5 Å². The van der Waals surface area contributed by atoms with Crippen LogP contribution in [0.25, 0.3) is 0 Å². The van der Waals surface area contributed by atoms with Crippen LogP contribution in [-0.4, -0.2) is 37.5 Å². The van der Waals surface area contributed by atoms with Gasteiger partial charge in [-0.3, -0.25) is 9.59 Å². The van der Waals surface area contributed by atoms with Gasteiger partial charge in [0.25, 0.3) is 11.8 Å². The number of benzene rings is 1. The van der Waals surface area contributed by atoms with Crippen molar-refractivity contribution < 1.29 is 18.9 Å². The number of amides is 2. The number of hydrogen-bond acceptors (Lipinski definition) is 3. The molecule has 0 radical (unpaired) electrons. The van der Waals surface area contributed by atoms with Crippen molar-refractivity contribution >= 4 is 17.5 Å². The molecule has 0 heterocycles. The van der Waals surface area contributed by atoms with Crippen LogP contribution in [0.3, 0.4) is 0 Å². The fraction of sp³-hybridized carbons (Fsp3) is 0.471. The maximum absolute atomic E-state index is 13.1. The van der Waals surface area contributed by atoms with E-state index in [0.717, 1.165) is 12.8 Å². The summed E-state index contributed by atoms with van der Waals surface area (Å²) in [5, 5.41) is 14.6. The monoisotopic (exact) mass is 333 g/mol. The molecule has 128 valence electrons. The fourth-order valence-electron chi connectivity index (χ4n) is 2.60. The molecule has 1 unspecified atom stereocenters. The van der Waals surface area contributed by atoms with Gasteiger partial charge in [0, 0.05) is 5.69 Å². The molecule has 2 amide bonds. The Labute approximate surface area is 140 Å². The molecule has 2 atom stereocenters. The summed E-state index contributed by atoms with van der Waals surface area (Å²) in [6, 6.07) is 7.80. The van der Waals surface area contributed by atoms with Crippen molar-refractivity contribution in [3.05, 3.63) is 30.1 Å². The standard InChI is InChI=1S/C17H21FN4O2/c1-17(11-19,12-6-7-12)21-16(24)10-22(2)9-15(23)20-14-5-3-4-13(18)8-14/h3-5,8,12H,6-7,9-10H2,1-2H3,(H,20,23)(H,21,24)/p+1/t17-/m1/s1. The van der Waals surface area contributed by atoms with Crippen molar-refractivity contribution in [1.29, 1.82) is 5.26 Å². The van der Waals surface area contributed by atoms with Crippen LogP contribution in [0.15, 0.2) is 24.3 Å². The van der Waals surface area contributed by atoms with Gasteiger partial charge in [0.05, 0.1) is 13.1 Å². The Morgan fingerprint density at radius 1 is 1.38 bits per heavy atom. The summed E-state index contributed by atoms with van der Waals surface area (Å²) in [4.78, 5) is 24.7. The minimum absolute atomic E-state index is 0.0661. The van der Waals surface area contributed by atoms with Crippen molar-refractivity contribution in [3.63, 3.8) is 0 Å². The number of quaternary nitrogens is 1. The summed E-state index contributed by atoms with van der Waals surface area (Å²) in [6.07, 6.45) is 1.89. The van der Waals surface area contributed by atoms with E-state index in [-0.39, 0.29) is 30.8 Å². The van der Waals surface area contributed by atoms with Crippen LogP contribution in [0.2, 0.25) is 0 Å². The van der Waals surface area contributed by atoms with Crippen molar-refractivity contribution in [2.45, 2.75) is 25.3 Å². The van der Waals surface area contributed by atoms with E-state index < -0.39 is 11.4 Å². The Morgan fingerprint density at radius 3 is 2.62 bits per heavy atom. The number of rotatable bonds is 7. The zero-order valence-corrected chi connectivity index (χ0v) is 13.9. The lowest BCUT2D eigenvalue weighted by atomic mass is 9.98. The third-order valence-electron chi connectivity index (χ3n) is 4.06. The molecule has 1 saturated carbocycles. The minimum atomic E-state index is -0.832. The Kier molecular flexibility index (Phi) is 5.52. The van der Waals surface area contributed by atoms with Gasteiger partial charge in [-0.25, -0.2) is 4.39 Å². The van der Waals surface area contributed by atoms with E-state index in [4.69, 9.17) is 0 Å². The van der Waals surface area contributed by atoms with Crippen LogP contribution < -0.4 is 15.5 Å². The maximum atomic E-state index is 13.1. The van der Waals surface area contributed by atoms with Gasteiger partial charge in [0.2, 0.25) is 0 Å². The highest BCUT2D eigenvalue weighted by molar-refractivity contribution is 5.91. The first-order valence-electron chi connectivity index (χ1n) is 7.91. The highest BCUT2D eigenvalue weighted by Crippen LogP contribution is 2.39. The fourth-order valence-corrected chi connectivity index (χ4v) is 2.60. The largest absolute Gasteiger partial charge is 0.333 e. The van der Waals surface area contributed by atoms with Gasteiger partial charge in [0.1, 0.15) is 11.4 Å². The second-order valence-corrected chi connectivity index (χ2v) is 6.51. The lowest BCUT2D eigenvalue weighted by molar-refractivity contribution is -0.862. The summed E-state index contributed by atoms with van der Waals surface area (Å²) in [5.74, 6) is -0.787. The molecule has 1 aliphatic carbocycles. The second-order valence-electron chi connectivity index (χ2n) is 6.51. The summed E-state index contributed by atoms with van der Waals surface area (Å²) >= 11 is 0. The number of nitriles is 1. The molecular formula is C17H22FN4O2+. The number of carbonyl (C=O) groups excluding carboxylic acids is 2. The molecule has 6 nitrogen and oxygen atoms in total. The molecule has 7 heteroatoms. The molecule has 0 aliphatic heterocycles. The van der Waals surface area contributed by atoms with E-state index in [0.29, 0.717) is 10.6 Å². The van der Waals surface area contributed by atoms with Gasteiger partial charge in [-0.05, 0) is 43.9 Å². The number of carbonyl (C=O) groups is 2. The molecule has 0 saturated heterocycles. The van der Waals surface area contributed by atoms with Crippen LogP contribution in [0.5, 0.6) is 0 Å². The third-order valence-corrected chi connectivity index (χ3v) is 4.06. The molecular weight excluding hydrogens is 311 g/mol. The number of nitrogens with zero attached hydrogens (tertiary/aromatic N) is 1. The number of anilines is 1. The minimum Gasteiger partial charge on any atom is -0.333 e. The van der Waals surface area contributed by atoms with Crippen LogP contribution in [0.4, 0.5) is 10.1 Å². The smallest absolute Gasteiger partial charge is 0.279 e. The Hall–Kier alpha value is -2.46. The Morgan fingerprint density at radius 2 is 2.04 bits per heavy atom. The first kappa shape index (κ1) is 17.9. The number of halogens is 1. The first-order chi connectivity index (χ1) is 11.3. The van der Waals surface area contributed by atoms with E-state index >= 15 is 0 Å². The van der Waals surface area contributed by atoms with Crippen molar-refractivity contribution in [2.24, 2.45) is 5.92 Å². The average molecular weight is 333 g/mol. The molecule has 1 aromatic rings. The lowest BCUT2D eigenvalue weighted by Crippen LogP contribution is -3.11. The van der Waals surface area contributed by atoms with Crippen LogP contribution >= 0.6 is 0 Å². The van der Waals surface area contributed by atoms with E-state index in [2.05, 4.69) is 16.7 Å². The molecule has 2 rings (SSSR count). The highest BCUT2D eigenvalue weighted by atomic mass is 19.1. The second kappa shape index (κ2) is 7.41. The zero-order valence-electron chi connectivity index (χ0n) is 13.9. The molecule has 1 aliphatic rings. The van der Waals surface area contributed by atoms with Gasteiger partial charge in [-0.15, -0.1) is 0 Å². The van der Waals surface area contributed by atoms with E-state index in [1.165, 1.54) is 18.2 Å². The van der Waals surface area contributed by atoms with E-state index in [1.54, 1.807) is 20.0 Å². The third kappa shape index (κ3) is 5.03. The van der Waals surface area contributed by atoms with E-state index in [9.17, 15) is 19.2 Å². The van der Waals surface area contributed by atoms with Gasteiger partial charge in [0.15, 0.2) is 13.1 Å². The Bertz CT molecular complexity index is 669. The Balaban J connectivity index is 1.79. The van der Waals surface area contributed by atoms with Crippen LogP contribution in [0.1, 0.15) is 19.8 Å². The lowest BCUT2D eigenvalue weighted by Gasteiger charge is -2.23. The molecule has 24 heavy (non-hydrogen) atoms. The topological polar surface area (TPSA) is 86.4 Å². The quantitative estimate of drug-likeness (QED) is 0.661. The summed E-state index contributed by atoms with van der Waals surface area (Å²) in [6.45, 7) is 1.88. The molecule has 0 spiro atoms. The van der Waals surface area contributed by atoms with Crippen molar-refractivity contribution in [2.75, 3.05) is 25.5 Å². The van der Waals surface area contributed by atoms with Crippen molar-refractivity contribution in [3.8, 4) is 6.07 Å². The average Bonchev–Trinajstić information content (AvgIpc) is 3.31. The predicted octanol–water partition coefficient (Wildman–Crippen LogP) is 0.0874. The first-order valence-corrected chi connectivity index (χ1v) is 7.91.